The minimum Gasteiger partial charge on any atom is -0.326 e. The Morgan fingerprint density at radius 2 is 2.43 bits per heavy atom. The molecule has 2 N–H and O–H groups in total. The van der Waals surface area contributed by atoms with Crippen LogP contribution in [-0.2, 0) is 6.54 Å². The first-order valence-corrected chi connectivity index (χ1v) is 5.71. The van der Waals surface area contributed by atoms with Crippen molar-refractivity contribution in [2.24, 2.45) is 5.73 Å². The minimum absolute atomic E-state index is 0. The second-order valence-electron chi connectivity index (χ2n) is 3.48. The van der Waals surface area contributed by atoms with Gasteiger partial charge in [-0.2, -0.15) is 0 Å². The molecule has 80 valence electrons. The van der Waals surface area contributed by atoms with Gasteiger partial charge >= 0.3 is 0 Å². The molecule has 1 fully saturated rings. The standard InChI is InChI=1S/C9H13ClN2S.ClH/c10-8-2-4-13-9(8)6-12-3-1-7(11)5-12;/h2,4,7H,1,3,5-6,11H2;1H/t7-;/m1./s1. The van der Waals surface area contributed by atoms with Crippen molar-refractivity contribution in [3.8, 4) is 0 Å². The molecule has 0 amide bonds. The van der Waals surface area contributed by atoms with E-state index in [1.807, 2.05) is 11.4 Å². The summed E-state index contributed by atoms with van der Waals surface area (Å²) < 4.78 is 0. The van der Waals surface area contributed by atoms with Gasteiger partial charge in [0.05, 0.1) is 5.02 Å². The van der Waals surface area contributed by atoms with Crippen molar-refractivity contribution in [3.63, 3.8) is 0 Å². The third kappa shape index (κ3) is 2.84. The topological polar surface area (TPSA) is 29.3 Å². The summed E-state index contributed by atoms with van der Waals surface area (Å²) in [5, 5.41) is 2.93. The Hall–Kier alpha value is 0.200. The zero-order chi connectivity index (χ0) is 9.26. The molecule has 0 spiro atoms. The van der Waals surface area contributed by atoms with Crippen LogP contribution in [0.15, 0.2) is 11.4 Å². The van der Waals surface area contributed by atoms with Gasteiger partial charge in [-0.3, -0.25) is 4.90 Å². The quantitative estimate of drug-likeness (QED) is 0.876. The van der Waals surface area contributed by atoms with Crippen molar-refractivity contribution in [2.45, 2.75) is 19.0 Å². The number of nitrogens with zero attached hydrogens (tertiary/aromatic N) is 1. The van der Waals surface area contributed by atoms with Gasteiger partial charge in [0.25, 0.3) is 0 Å². The van der Waals surface area contributed by atoms with Gasteiger partial charge in [-0.05, 0) is 17.9 Å². The number of hydrogen-bond acceptors (Lipinski definition) is 3. The molecule has 2 nitrogen and oxygen atoms in total. The van der Waals surface area contributed by atoms with Crippen molar-refractivity contribution < 1.29 is 0 Å². The van der Waals surface area contributed by atoms with Crippen molar-refractivity contribution >= 4 is 35.3 Å². The smallest absolute Gasteiger partial charge is 0.0558 e. The largest absolute Gasteiger partial charge is 0.326 e. The molecule has 2 rings (SSSR count). The zero-order valence-electron chi connectivity index (χ0n) is 7.78. The van der Waals surface area contributed by atoms with Crippen LogP contribution in [0.2, 0.25) is 5.02 Å². The molecule has 1 aliphatic rings. The second-order valence-corrected chi connectivity index (χ2v) is 4.88. The Morgan fingerprint density at radius 3 is 2.93 bits per heavy atom. The number of nitrogens with two attached hydrogens (primary N) is 1. The first-order valence-electron chi connectivity index (χ1n) is 4.45. The van der Waals surface area contributed by atoms with Crippen LogP contribution >= 0.6 is 35.3 Å². The lowest BCUT2D eigenvalue weighted by Crippen LogP contribution is -2.25. The first kappa shape index (κ1) is 12.3. The normalized spacial score (nSPS) is 22.3. The van der Waals surface area contributed by atoms with E-state index in [4.69, 9.17) is 17.3 Å². The highest BCUT2D eigenvalue weighted by molar-refractivity contribution is 7.10. The number of hydrogen-bond donors (Lipinski definition) is 1. The van der Waals surface area contributed by atoms with E-state index in [0.717, 1.165) is 31.1 Å². The fraction of sp³-hybridized carbons (Fsp3) is 0.556. The van der Waals surface area contributed by atoms with E-state index in [9.17, 15) is 0 Å². The summed E-state index contributed by atoms with van der Waals surface area (Å²) in [7, 11) is 0. The van der Waals surface area contributed by atoms with Crippen LogP contribution in [0.25, 0.3) is 0 Å². The van der Waals surface area contributed by atoms with Crippen molar-refractivity contribution in [3.05, 3.63) is 21.3 Å². The maximum atomic E-state index is 6.01. The average molecular weight is 253 g/mol. The summed E-state index contributed by atoms with van der Waals surface area (Å²) in [4.78, 5) is 3.62. The van der Waals surface area contributed by atoms with E-state index in [2.05, 4.69) is 4.90 Å². The first-order chi connectivity index (χ1) is 6.25. The van der Waals surface area contributed by atoms with Crippen LogP contribution in [0, 0.1) is 0 Å². The number of halogens is 2. The second kappa shape index (κ2) is 5.33. The predicted molar refractivity (Wildman–Crippen MR) is 64.4 cm³/mol. The lowest BCUT2D eigenvalue weighted by Gasteiger charge is -2.13. The van der Waals surface area contributed by atoms with Gasteiger partial charge in [-0.1, -0.05) is 11.6 Å². The van der Waals surface area contributed by atoms with E-state index >= 15 is 0 Å². The van der Waals surface area contributed by atoms with E-state index < -0.39 is 0 Å². The Balaban J connectivity index is 0.000000980. The van der Waals surface area contributed by atoms with Crippen molar-refractivity contribution in [2.75, 3.05) is 13.1 Å². The summed E-state index contributed by atoms with van der Waals surface area (Å²) in [5.41, 5.74) is 5.82. The van der Waals surface area contributed by atoms with E-state index in [0.29, 0.717) is 6.04 Å². The average Bonchev–Trinajstić information content (AvgIpc) is 2.64. The van der Waals surface area contributed by atoms with Gasteiger partial charge in [-0.25, -0.2) is 0 Å². The van der Waals surface area contributed by atoms with E-state index in [1.165, 1.54) is 4.88 Å². The molecule has 1 aromatic rings. The van der Waals surface area contributed by atoms with E-state index in [-0.39, 0.29) is 12.4 Å². The molecular weight excluding hydrogens is 239 g/mol. The third-order valence-corrected chi connectivity index (χ3v) is 3.74. The Labute approximate surface area is 99.4 Å². The third-order valence-electron chi connectivity index (χ3n) is 2.37. The molecule has 2 heterocycles. The fourth-order valence-electron chi connectivity index (χ4n) is 1.65. The van der Waals surface area contributed by atoms with E-state index in [1.54, 1.807) is 11.3 Å². The summed E-state index contributed by atoms with van der Waals surface area (Å²) in [6.07, 6.45) is 1.11. The molecule has 1 aliphatic heterocycles. The van der Waals surface area contributed by atoms with Gasteiger partial charge in [-0.15, -0.1) is 23.7 Å². The van der Waals surface area contributed by atoms with Crippen LogP contribution in [0.3, 0.4) is 0 Å². The van der Waals surface area contributed by atoms with Crippen molar-refractivity contribution in [1.29, 1.82) is 0 Å². The molecule has 0 saturated carbocycles. The summed E-state index contributed by atoms with van der Waals surface area (Å²) in [6, 6.07) is 2.32. The summed E-state index contributed by atoms with van der Waals surface area (Å²) in [6.45, 7) is 3.08. The molecule has 0 bridgehead atoms. The Morgan fingerprint density at radius 1 is 1.64 bits per heavy atom. The molecular formula is C9H14Cl2N2S. The van der Waals surface area contributed by atoms with Crippen LogP contribution in [0.4, 0.5) is 0 Å². The van der Waals surface area contributed by atoms with Gasteiger partial charge < -0.3 is 5.73 Å². The summed E-state index contributed by atoms with van der Waals surface area (Å²) in [5.74, 6) is 0. The highest BCUT2D eigenvalue weighted by Gasteiger charge is 2.19. The van der Waals surface area contributed by atoms with Gasteiger partial charge in [0.15, 0.2) is 0 Å². The van der Waals surface area contributed by atoms with Gasteiger partial charge in [0.2, 0.25) is 0 Å². The highest BCUT2D eigenvalue weighted by atomic mass is 35.5. The van der Waals surface area contributed by atoms with Crippen LogP contribution in [-0.4, -0.2) is 24.0 Å². The molecule has 0 aliphatic carbocycles. The zero-order valence-corrected chi connectivity index (χ0v) is 10.2. The van der Waals surface area contributed by atoms with Crippen LogP contribution in [0.5, 0.6) is 0 Å². The van der Waals surface area contributed by atoms with Crippen LogP contribution < -0.4 is 5.73 Å². The Bertz CT molecular complexity index is 290. The minimum atomic E-state index is 0. The monoisotopic (exact) mass is 252 g/mol. The fourth-order valence-corrected chi connectivity index (χ4v) is 2.78. The lowest BCUT2D eigenvalue weighted by molar-refractivity contribution is 0.330. The SMILES string of the molecule is Cl.N[C@@H]1CCN(Cc2sccc2Cl)C1. The molecule has 1 aromatic heterocycles. The van der Waals surface area contributed by atoms with Crippen LogP contribution in [0.1, 0.15) is 11.3 Å². The van der Waals surface area contributed by atoms with Gasteiger partial charge in [0.1, 0.15) is 0 Å². The number of thiophene rings is 1. The lowest BCUT2D eigenvalue weighted by atomic mass is 10.3. The molecule has 14 heavy (non-hydrogen) atoms. The predicted octanol–water partition coefficient (Wildman–Crippen LogP) is 2.36. The highest BCUT2D eigenvalue weighted by Crippen LogP contribution is 2.24. The summed E-state index contributed by atoms with van der Waals surface area (Å²) >= 11 is 7.73. The molecule has 1 saturated heterocycles. The molecule has 0 radical (unpaired) electrons. The number of rotatable bonds is 2. The molecule has 0 aromatic carbocycles. The molecule has 5 heteroatoms. The Kier molecular flexibility index (Phi) is 4.67. The van der Waals surface area contributed by atoms with Crippen molar-refractivity contribution in [1.82, 2.24) is 4.90 Å². The van der Waals surface area contributed by atoms with Gasteiger partial charge in [0, 0.05) is 30.6 Å². The maximum absolute atomic E-state index is 6.01. The maximum Gasteiger partial charge on any atom is 0.0558 e. The number of likely N-dealkylation sites (tertiary alicyclic amines) is 1. The molecule has 0 unspecified atom stereocenters. The molecule has 1 atom stereocenters.